The summed E-state index contributed by atoms with van der Waals surface area (Å²) in [6.45, 7) is 6.81. The molecular weight excluding hydrogens is 202 g/mol. The van der Waals surface area contributed by atoms with Crippen LogP contribution in [-0.4, -0.2) is 24.4 Å². The second-order valence-electron chi connectivity index (χ2n) is 3.94. The van der Waals surface area contributed by atoms with Crippen molar-refractivity contribution in [1.29, 1.82) is 0 Å². The Morgan fingerprint density at radius 1 is 1.31 bits per heavy atom. The Balaban J connectivity index is 2.77. The summed E-state index contributed by atoms with van der Waals surface area (Å²) in [4.78, 5) is 0. The van der Waals surface area contributed by atoms with Crippen LogP contribution in [0, 0.1) is 0 Å². The second-order valence-corrected chi connectivity index (χ2v) is 3.94. The van der Waals surface area contributed by atoms with Gasteiger partial charge in [-0.15, -0.1) is 0 Å². The maximum Gasteiger partial charge on any atom is 0.124 e. The van der Waals surface area contributed by atoms with Crippen molar-refractivity contribution in [1.82, 2.24) is 5.32 Å². The van der Waals surface area contributed by atoms with Crippen molar-refractivity contribution in [3.8, 4) is 5.75 Å². The van der Waals surface area contributed by atoms with Gasteiger partial charge in [-0.05, 0) is 26.8 Å². The van der Waals surface area contributed by atoms with E-state index in [1.165, 1.54) is 0 Å². The Morgan fingerprint density at radius 2 is 2.00 bits per heavy atom. The molecule has 0 amide bonds. The van der Waals surface area contributed by atoms with Gasteiger partial charge in [0.25, 0.3) is 0 Å². The van der Waals surface area contributed by atoms with Gasteiger partial charge in [0, 0.05) is 17.6 Å². The van der Waals surface area contributed by atoms with Gasteiger partial charge in [-0.25, -0.2) is 0 Å². The molecule has 0 saturated carbocycles. The van der Waals surface area contributed by atoms with Crippen LogP contribution in [0.25, 0.3) is 0 Å². The lowest BCUT2D eigenvalue weighted by molar-refractivity contribution is 0.241. The van der Waals surface area contributed by atoms with Crippen LogP contribution in [-0.2, 0) is 0 Å². The van der Waals surface area contributed by atoms with Gasteiger partial charge < -0.3 is 15.2 Å². The topological polar surface area (TPSA) is 41.5 Å². The molecule has 90 valence electrons. The molecule has 0 radical (unpaired) electrons. The van der Waals surface area contributed by atoms with E-state index in [4.69, 9.17) is 9.84 Å². The zero-order valence-electron chi connectivity index (χ0n) is 10.2. The van der Waals surface area contributed by atoms with E-state index in [9.17, 15) is 0 Å². The Morgan fingerprint density at radius 3 is 2.62 bits per heavy atom. The molecule has 0 saturated heterocycles. The standard InChI is InChI=1S/C13H21NO2/c1-4-16-13-8-6-5-7-12(13)11(3)14-10(2)9-15/h5-8,10-11,14-15H,4,9H2,1-3H3/t10-,11?/m0/s1. The Kier molecular flexibility index (Phi) is 5.29. The average Bonchev–Trinajstić information content (AvgIpc) is 2.30. The van der Waals surface area contributed by atoms with Crippen LogP contribution in [0.2, 0.25) is 0 Å². The maximum absolute atomic E-state index is 9.01. The Hall–Kier alpha value is -1.06. The number of para-hydroxylation sites is 1. The van der Waals surface area contributed by atoms with Crippen LogP contribution in [0.15, 0.2) is 24.3 Å². The summed E-state index contributed by atoms with van der Waals surface area (Å²) >= 11 is 0. The summed E-state index contributed by atoms with van der Waals surface area (Å²) in [5, 5.41) is 12.3. The van der Waals surface area contributed by atoms with Crippen LogP contribution < -0.4 is 10.1 Å². The molecule has 0 bridgehead atoms. The van der Waals surface area contributed by atoms with Gasteiger partial charge in [-0.1, -0.05) is 18.2 Å². The molecule has 0 heterocycles. The molecule has 1 aromatic carbocycles. The van der Waals surface area contributed by atoms with Crippen LogP contribution in [0.3, 0.4) is 0 Å². The first kappa shape index (κ1) is 13.0. The molecule has 0 aliphatic heterocycles. The van der Waals surface area contributed by atoms with Gasteiger partial charge in [-0.2, -0.15) is 0 Å². The van der Waals surface area contributed by atoms with Crippen molar-refractivity contribution in [3.05, 3.63) is 29.8 Å². The molecule has 1 rings (SSSR count). The smallest absolute Gasteiger partial charge is 0.124 e. The van der Waals surface area contributed by atoms with Gasteiger partial charge in [0.15, 0.2) is 0 Å². The largest absolute Gasteiger partial charge is 0.494 e. The van der Waals surface area contributed by atoms with Crippen molar-refractivity contribution < 1.29 is 9.84 Å². The van der Waals surface area contributed by atoms with Crippen molar-refractivity contribution in [2.75, 3.05) is 13.2 Å². The van der Waals surface area contributed by atoms with Gasteiger partial charge in [-0.3, -0.25) is 0 Å². The van der Waals surface area contributed by atoms with Crippen molar-refractivity contribution in [2.24, 2.45) is 0 Å². The first-order chi connectivity index (χ1) is 7.69. The Labute approximate surface area is 97.4 Å². The number of hydrogen-bond donors (Lipinski definition) is 2. The van der Waals surface area contributed by atoms with Gasteiger partial charge >= 0.3 is 0 Å². The summed E-state index contributed by atoms with van der Waals surface area (Å²) in [5.74, 6) is 0.912. The lowest BCUT2D eigenvalue weighted by atomic mass is 10.1. The summed E-state index contributed by atoms with van der Waals surface area (Å²) in [5.41, 5.74) is 1.13. The zero-order chi connectivity index (χ0) is 12.0. The third-order valence-electron chi connectivity index (χ3n) is 2.49. The highest BCUT2D eigenvalue weighted by atomic mass is 16.5. The van der Waals surface area contributed by atoms with E-state index in [0.29, 0.717) is 6.61 Å². The molecule has 16 heavy (non-hydrogen) atoms. The highest BCUT2D eigenvalue weighted by Gasteiger charge is 2.12. The molecular formula is C13H21NO2. The minimum absolute atomic E-state index is 0.0877. The summed E-state index contributed by atoms with van der Waals surface area (Å²) < 4.78 is 5.57. The lowest BCUT2D eigenvalue weighted by Gasteiger charge is -2.21. The zero-order valence-corrected chi connectivity index (χ0v) is 10.2. The average molecular weight is 223 g/mol. The highest BCUT2D eigenvalue weighted by Crippen LogP contribution is 2.24. The number of benzene rings is 1. The van der Waals surface area contributed by atoms with Crippen LogP contribution in [0.4, 0.5) is 0 Å². The highest BCUT2D eigenvalue weighted by molar-refractivity contribution is 5.35. The third-order valence-corrected chi connectivity index (χ3v) is 2.49. The lowest BCUT2D eigenvalue weighted by Crippen LogP contribution is -2.31. The molecule has 2 atom stereocenters. The Bertz CT molecular complexity index is 315. The molecule has 0 fully saturated rings. The predicted octanol–water partition coefficient (Wildman–Crippen LogP) is 2.12. The number of aliphatic hydroxyl groups is 1. The quantitative estimate of drug-likeness (QED) is 0.776. The molecule has 0 aromatic heterocycles. The number of rotatable bonds is 6. The van der Waals surface area contributed by atoms with E-state index in [2.05, 4.69) is 12.2 Å². The van der Waals surface area contributed by atoms with Crippen LogP contribution in [0.1, 0.15) is 32.4 Å². The SMILES string of the molecule is CCOc1ccccc1C(C)N[C@@H](C)CO. The van der Waals surface area contributed by atoms with E-state index < -0.39 is 0 Å². The van der Waals surface area contributed by atoms with E-state index in [-0.39, 0.29) is 18.7 Å². The molecule has 0 aliphatic carbocycles. The van der Waals surface area contributed by atoms with Gasteiger partial charge in [0.2, 0.25) is 0 Å². The van der Waals surface area contributed by atoms with Gasteiger partial charge in [0.1, 0.15) is 5.75 Å². The van der Waals surface area contributed by atoms with E-state index in [1.807, 2.05) is 38.1 Å². The minimum atomic E-state index is 0.0877. The van der Waals surface area contributed by atoms with E-state index >= 15 is 0 Å². The predicted molar refractivity (Wildman–Crippen MR) is 65.7 cm³/mol. The third kappa shape index (κ3) is 3.51. The molecule has 3 heteroatoms. The van der Waals surface area contributed by atoms with Crippen molar-refractivity contribution in [2.45, 2.75) is 32.9 Å². The first-order valence-corrected chi connectivity index (χ1v) is 5.77. The fourth-order valence-electron chi connectivity index (χ4n) is 1.69. The number of aliphatic hydroxyl groups excluding tert-OH is 1. The summed E-state index contributed by atoms with van der Waals surface area (Å²) in [6.07, 6.45) is 0. The van der Waals surface area contributed by atoms with Crippen LogP contribution in [0.5, 0.6) is 5.75 Å². The number of hydrogen-bond acceptors (Lipinski definition) is 3. The molecule has 1 aromatic rings. The normalized spacial score (nSPS) is 14.5. The minimum Gasteiger partial charge on any atom is -0.494 e. The fraction of sp³-hybridized carbons (Fsp3) is 0.538. The molecule has 0 spiro atoms. The van der Waals surface area contributed by atoms with Crippen LogP contribution >= 0.6 is 0 Å². The van der Waals surface area contributed by atoms with Crippen molar-refractivity contribution >= 4 is 0 Å². The fourth-order valence-corrected chi connectivity index (χ4v) is 1.69. The second kappa shape index (κ2) is 6.51. The molecule has 0 aliphatic rings. The summed E-state index contributed by atoms with van der Waals surface area (Å²) in [6, 6.07) is 8.25. The van der Waals surface area contributed by atoms with Crippen molar-refractivity contribution in [3.63, 3.8) is 0 Å². The van der Waals surface area contributed by atoms with E-state index in [1.54, 1.807) is 0 Å². The van der Waals surface area contributed by atoms with E-state index in [0.717, 1.165) is 11.3 Å². The number of ether oxygens (including phenoxy) is 1. The monoisotopic (exact) mass is 223 g/mol. The molecule has 1 unspecified atom stereocenters. The molecule has 3 nitrogen and oxygen atoms in total. The summed E-state index contributed by atoms with van der Waals surface area (Å²) in [7, 11) is 0. The maximum atomic E-state index is 9.01. The number of nitrogens with one attached hydrogen (secondary N) is 1. The van der Waals surface area contributed by atoms with Gasteiger partial charge in [0.05, 0.1) is 13.2 Å². The molecule has 2 N–H and O–H groups in total. The first-order valence-electron chi connectivity index (χ1n) is 5.77.